The second kappa shape index (κ2) is 5.85. The summed E-state index contributed by atoms with van der Waals surface area (Å²) in [5.74, 6) is 0. The Morgan fingerprint density at radius 1 is 1.53 bits per heavy atom. The minimum absolute atomic E-state index is 0.338. The Hall–Kier alpha value is -0.570. The first-order valence-electron chi connectivity index (χ1n) is 6.22. The average Bonchev–Trinajstić information content (AvgIpc) is 2.82. The number of aliphatic hydroxyl groups is 1. The zero-order valence-electron chi connectivity index (χ0n) is 10.2. The van der Waals surface area contributed by atoms with E-state index in [1.165, 1.54) is 0 Å². The van der Waals surface area contributed by atoms with Gasteiger partial charge in [0.2, 0.25) is 0 Å². The maximum absolute atomic E-state index is 10.1. The van der Waals surface area contributed by atoms with E-state index in [1.54, 1.807) is 0 Å². The standard InChI is InChI=1S/C14H19ClO2/c1-10-4-5-11(9-13(10)15)14(16)7-6-12-3-2-8-17-12/h4-5,9,12,14,16H,2-3,6-8H2,1H3. The topological polar surface area (TPSA) is 29.5 Å². The molecule has 1 aromatic carbocycles. The molecule has 0 radical (unpaired) electrons. The Kier molecular flexibility index (Phi) is 4.43. The number of aliphatic hydroxyl groups excluding tert-OH is 1. The SMILES string of the molecule is Cc1ccc(C(O)CCC2CCCO2)cc1Cl. The third-order valence-electron chi connectivity index (χ3n) is 3.37. The predicted molar refractivity (Wildman–Crippen MR) is 69.4 cm³/mol. The minimum atomic E-state index is -0.433. The Labute approximate surface area is 108 Å². The summed E-state index contributed by atoms with van der Waals surface area (Å²) in [5, 5.41) is 10.8. The van der Waals surface area contributed by atoms with Crippen molar-refractivity contribution in [3.63, 3.8) is 0 Å². The van der Waals surface area contributed by atoms with Crippen LogP contribution in [-0.4, -0.2) is 17.8 Å². The molecule has 94 valence electrons. The van der Waals surface area contributed by atoms with Crippen molar-refractivity contribution in [3.8, 4) is 0 Å². The number of ether oxygens (including phenoxy) is 1. The van der Waals surface area contributed by atoms with Gasteiger partial charge in [-0.15, -0.1) is 0 Å². The van der Waals surface area contributed by atoms with Crippen molar-refractivity contribution < 1.29 is 9.84 Å². The monoisotopic (exact) mass is 254 g/mol. The summed E-state index contributed by atoms with van der Waals surface area (Å²) in [6.45, 7) is 2.84. The molecule has 1 aromatic rings. The molecule has 3 heteroatoms. The molecule has 1 aliphatic rings. The van der Waals surface area contributed by atoms with Crippen molar-refractivity contribution in [1.29, 1.82) is 0 Å². The van der Waals surface area contributed by atoms with Crippen LogP contribution in [-0.2, 0) is 4.74 Å². The van der Waals surface area contributed by atoms with Crippen molar-refractivity contribution >= 4 is 11.6 Å². The van der Waals surface area contributed by atoms with Crippen LogP contribution in [0.15, 0.2) is 18.2 Å². The van der Waals surface area contributed by atoms with Gasteiger partial charge in [-0.25, -0.2) is 0 Å². The van der Waals surface area contributed by atoms with Crippen LogP contribution in [0.4, 0.5) is 0 Å². The Bertz CT molecular complexity index is 372. The first kappa shape index (κ1) is 12.9. The fourth-order valence-corrected chi connectivity index (χ4v) is 2.39. The lowest BCUT2D eigenvalue weighted by atomic mass is 10.0. The third-order valence-corrected chi connectivity index (χ3v) is 3.77. The van der Waals surface area contributed by atoms with Gasteiger partial charge in [0.25, 0.3) is 0 Å². The normalized spacial score (nSPS) is 21.7. The number of rotatable bonds is 4. The van der Waals surface area contributed by atoms with Crippen LogP contribution in [0.25, 0.3) is 0 Å². The Morgan fingerprint density at radius 3 is 3.00 bits per heavy atom. The van der Waals surface area contributed by atoms with Gasteiger partial charge < -0.3 is 9.84 Å². The number of aryl methyl sites for hydroxylation is 1. The molecule has 0 bridgehead atoms. The van der Waals surface area contributed by atoms with Crippen molar-refractivity contribution in [3.05, 3.63) is 34.3 Å². The maximum Gasteiger partial charge on any atom is 0.0791 e. The highest BCUT2D eigenvalue weighted by Gasteiger charge is 2.17. The third kappa shape index (κ3) is 3.44. The lowest BCUT2D eigenvalue weighted by molar-refractivity contribution is 0.0812. The van der Waals surface area contributed by atoms with E-state index in [0.29, 0.717) is 6.10 Å². The summed E-state index contributed by atoms with van der Waals surface area (Å²) in [6, 6.07) is 5.76. The second-order valence-corrected chi connectivity index (χ2v) is 5.14. The summed E-state index contributed by atoms with van der Waals surface area (Å²) < 4.78 is 5.54. The summed E-state index contributed by atoms with van der Waals surface area (Å²) in [5.41, 5.74) is 1.94. The number of halogens is 1. The fraction of sp³-hybridized carbons (Fsp3) is 0.571. The summed E-state index contributed by atoms with van der Waals surface area (Å²) in [6.07, 6.45) is 3.85. The van der Waals surface area contributed by atoms with Crippen LogP contribution >= 0.6 is 11.6 Å². The molecule has 1 heterocycles. The van der Waals surface area contributed by atoms with Crippen LogP contribution in [0.1, 0.15) is 42.9 Å². The fourth-order valence-electron chi connectivity index (χ4n) is 2.20. The van der Waals surface area contributed by atoms with E-state index < -0.39 is 6.10 Å². The molecule has 1 fully saturated rings. The lowest BCUT2D eigenvalue weighted by Gasteiger charge is -2.14. The molecule has 0 spiro atoms. The quantitative estimate of drug-likeness (QED) is 0.889. The molecule has 0 aliphatic carbocycles. The van der Waals surface area contributed by atoms with Gasteiger partial charge in [-0.1, -0.05) is 23.7 Å². The molecule has 2 unspecified atom stereocenters. The van der Waals surface area contributed by atoms with Crippen LogP contribution in [0.2, 0.25) is 5.02 Å². The van der Waals surface area contributed by atoms with E-state index in [0.717, 1.165) is 48.4 Å². The largest absolute Gasteiger partial charge is 0.388 e. The van der Waals surface area contributed by atoms with E-state index in [1.807, 2.05) is 25.1 Å². The van der Waals surface area contributed by atoms with Crippen molar-refractivity contribution in [2.24, 2.45) is 0 Å². The molecule has 2 nitrogen and oxygen atoms in total. The highest BCUT2D eigenvalue weighted by atomic mass is 35.5. The number of hydrogen-bond acceptors (Lipinski definition) is 2. The van der Waals surface area contributed by atoms with E-state index in [-0.39, 0.29) is 0 Å². The molecule has 1 saturated heterocycles. The van der Waals surface area contributed by atoms with Gasteiger partial charge >= 0.3 is 0 Å². The maximum atomic E-state index is 10.1. The molecule has 1 N–H and O–H groups in total. The molecule has 0 aromatic heterocycles. The Morgan fingerprint density at radius 2 is 2.35 bits per heavy atom. The second-order valence-electron chi connectivity index (χ2n) is 4.74. The first-order chi connectivity index (χ1) is 8.16. The molecule has 1 aliphatic heterocycles. The molecule has 2 atom stereocenters. The van der Waals surface area contributed by atoms with E-state index in [2.05, 4.69) is 0 Å². The molecule has 0 saturated carbocycles. The van der Waals surface area contributed by atoms with Crippen LogP contribution in [0.3, 0.4) is 0 Å². The highest BCUT2D eigenvalue weighted by molar-refractivity contribution is 6.31. The summed E-state index contributed by atoms with van der Waals surface area (Å²) in [4.78, 5) is 0. The average molecular weight is 255 g/mol. The van der Waals surface area contributed by atoms with Crippen molar-refractivity contribution in [2.75, 3.05) is 6.61 Å². The summed E-state index contributed by atoms with van der Waals surface area (Å²) in [7, 11) is 0. The molecule has 17 heavy (non-hydrogen) atoms. The van der Waals surface area contributed by atoms with Gasteiger partial charge in [-0.2, -0.15) is 0 Å². The molecular weight excluding hydrogens is 236 g/mol. The van der Waals surface area contributed by atoms with Gasteiger partial charge in [0.15, 0.2) is 0 Å². The zero-order chi connectivity index (χ0) is 12.3. The van der Waals surface area contributed by atoms with Crippen molar-refractivity contribution in [2.45, 2.75) is 44.8 Å². The molecule has 2 rings (SSSR count). The van der Waals surface area contributed by atoms with E-state index >= 15 is 0 Å². The van der Waals surface area contributed by atoms with Gasteiger partial charge in [-0.05, 0) is 49.8 Å². The van der Waals surface area contributed by atoms with Crippen LogP contribution in [0.5, 0.6) is 0 Å². The van der Waals surface area contributed by atoms with Gasteiger partial charge in [-0.3, -0.25) is 0 Å². The van der Waals surface area contributed by atoms with Crippen molar-refractivity contribution in [1.82, 2.24) is 0 Å². The van der Waals surface area contributed by atoms with E-state index in [9.17, 15) is 5.11 Å². The van der Waals surface area contributed by atoms with Gasteiger partial charge in [0, 0.05) is 11.6 Å². The first-order valence-corrected chi connectivity index (χ1v) is 6.60. The zero-order valence-corrected chi connectivity index (χ0v) is 10.9. The van der Waals surface area contributed by atoms with Gasteiger partial charge in [0.1, 0.15) is 0 Å². The van der Waals surface area contributed by atoms with Gasteiger partial charge in [0.05, 0.1) is 12.2 Å². The highest BCUT2D eigenvalue weighted by Crippen LogP contribution is 2.26. The predicted octanol–water partition coefficient (Wildman–Crippen LogP) is 3.64. The van der Waals surface area contributed by atoms with Crippen LogP contribution in [0, 0.1) is 6.92 Å². The molecular formula is C14H19ClO2. The minimum Gasteiger partial charge on any atom is -0.388 e. The smallest absolute Gasteiger partial charge is 0.0791 e. The molecule has 0 amide bonds. The lowest BCUT2D eigenvalue weighted by Crippen LogP contribution is -2.08. The van der Waals surface area contributed by atoms with E-state index in [4.69, 9.17) is 16.3 Å². The number of benzene rings is 1. The van der Waals surface area contributed by atoms with Crippen LogP contribution < -0.4 is 0 Å². The number of hydrogen-bond donors (Lipinski definition) is 1. The summed E-state index contributed by atoms with van der Waals surface area (Å²) >= 11 is 6.05. The Balaban J connectivity index is 1.89.